The second kappa shape index (κ2) is 6.90. The molecule has 0 radical (unpaired) electrons. The van der Waals surface area contributed by atoms with Crippen LogP contribution in [0.3, 0.4) is 0 Å². The summed E-state index contributed by atoms with van der Waals surface area (Å²) in [5, 5.41) is 22.0. The van der Waals surface area contributed by atoms with Gasteiger partial charge in [-0.1, -0.05) is 12.2 Å². The fourth-order valence-electron chi connectivity index (χ4n) is 1.41. The summed E-state index contributed by atoms with van der Waals surface area (Å²) in [6.07, 6.45) is 0.715. The average molecular weight is 278 g/mol. The normalized spacial score (nSPS) is 27.4. The van der Waals surface area contributed by atoms with E-state index in [0.29, 0.717) is 17.8 Å². The Bertz CT molecular complexity index is 318. The van der Waals surface area contributed by atoms with Crippen molar-refractivity contribution < 1.29 is 19.8 Å². The Balaban J connectivity index is 0.000000171. The molecule has 2 rings (SSSR count). The average Bonchev–Trinajstić information content (AvgIpc) is 2.87. The smallest absolute Gasteiger partial charge is 0.331 e. The van der Waals surface area contributed by atoms with E-state index in [4.69, 9.17) is 22.4 Å². The predicted octanol–water partition coefficient (Wildman–Crippen LogP) is -0.464. The number of thioether (sulfide) groups is 1. The van der Waals surface area contributed by atoms with Gasteiger partial charge in [0.2, 0.25) is 0 Å². The maximum Gasteiger partial charge on any atom is 0.331 e. The maximum absolute atomic E-state index is 10.3. The number of carbonyl (C=O) groups is 2. The lowest BCUT2D eigenvalue weighted by Crippen LogP contribution is -2.34. The molecule has 8 heteroatoms. The van der Waals surface area contributed by atoms with Crippen LogP contribution in [0.1, 0.15) is 6.42 Å². The lowest BCUT2D eigenvalue weighted by Gasteiger charge is -2.01. The highest BCUT2D eigenvalue weighted by Crippen LogP contribution is 2.12. The highest BCUT2D eigenvalue weighted by Gasteiger charge is 2.26. The van der Waals surface area contributed by atoms with E-state index in [2.05, 4.69) is 10.6 Å². The molecule has 2 aliphatic heterocycles. The van der Waals surface area contributed by atoms with E-state index < -0.39 is 18.0 Å². The molecule has 0 aromatic carbocycles. The minimum atomic E-state index is -0.863. The third-order valence-corrected chi connectivity index (χ3v) is 3.81. The van der Waals surface area contributed by atoms with Crippen molar-refractivity contribution in [3.63, 3.8) is 0 Å². The minimum Gasteiger partial charge on any atom is -0.480 e. The fourth-order valence-corrected chi connectivity index (χ4v) is 2.54. The fraction of sp³-hybridized carbons (Fsp3) is 0.667. The van der Waals surface area contributed by atoms with Gasteiger partial charge in [-0.25, -0.2) is 4.79 Å². The Morgan fingerprint density at radius 3 is 2.18 bits per heavy atom. The first-order valence-corrected chi connectivity index (χ1v) is 6.55. The van der Waals surface area contributed by atoms with Crippen molar-refractivity contribution in [1.82, 2.24) is 10.6 Å². The van der Waals surface area contributed by atoms with E-state index in [0.717, 1.165) is 12.3 Å². The SMILES string of the molecule is O=C(O)C1NCCS1.O=C(O)[C@H]1NCCC1=S. The van der Waals surface area contributed by atoms with Gasteiger partial charge in [0.15, 0.2) is 5.37 Å². The van der Waals surface area contributed by atoms with Gasteiger partial charge in [0.25, 0.3) is 0 Å². The summed E-state index contributed by atoms with van der Waals surface area (Å²) in [5.74, 6) is -0.707. The lowest BCUT2D eigenvalue weighted by molar-refractivity contribution is -0.138. The Morgan fingerprint density at radius 2 is 1.94 bits per heavy atom. The van der Waals surface area contributed by atoms with Crippen LogP contribution in [0.2, 0.25) is 0 Å². The van der Waals surface area contributed by atoms with Crippen LogP contribution in [0, 0.1) is 0 Å². The van der Waals surface area contributed by atoms with E-state index in [1.807, 2.05) is 0 Å². The van der Waals surface area contributed by atoms with Crippen LogP contribution in [-0.2, 0) is 9.59 Å². The number of hydrogen-bond acceptors (Lipinski definition) is 6. The number of thiocarbonyl (C=S) groups is 1. The molecule has 4 N–H and O–H groups in total. The highest BCUT2D eigenvalue weighted by molar-refractivity contribution is 8.00. The maximum atomic E-state index is 10.3. The first-order chi connectivity index (χ1) is 8.02. The molecule has 2 atom stereocenters. The zero-order valence-corrected chi connectivity index (χ0v) is 10.6. The molecule has 0 saturated carbocycles. The number of hydrogen-bond donors (Lipinski definition) is 4. The molecule has 1 unspecified atom stereocenters. The molecule has 0 aromatic rings. The number of nitrogens with one attached hydrogen (secondary N) is 2. The molecule has 96 valence electrons. The van der Waals surface area contributed by atoms with Gasteiger partial charge in [0.1, 0.15) is 6.04 Å². The standard InChI is InChI=1S/C5H7NO2S.C4H7NO2S/c7-5(8)4-3(9)1-2-6-4;6-4(7)3-5-1-2-8-3/h4,6H,1-2H2,(H,7,8);3,5H,1-2H2,(H,6,7)/t4-;/m0./s1. The van der Waals surface area contributed by atoms with Crippen LogP contribution in [0.15, 0.2) is 0 Å². The third kappa shape index (κ3) is 4.58. The number of aliphatic carboxylic acids is 2. The van der Waals surface area contributed by atoms with Crippen LogP contribution in [-0.4, -0.2) is 57.3 Å². The Labute approximate surface area is 108 Å². The molecule has 17 heavy (non-hydrogen) atoms. The Hall–Kier alpha value is -0.700. The van der Waals surface area contributed by atoms with Crippen molar-refractivity contribution in [3.05, 3.63) is 0 Å². The van der Waals surface area contributed by atoms with Gasteiger partial charge in [-0.2, -0.15) is 0 Å². The van der Waals surface area contributed by atoms with E-state index in [1.165, 1.54) is 11.8 Å². The zero-order chi connectivity index (χ0) is 12.8. The van der Waals surface area contributed by atoms with Crippen LogP contribution in [0.5, 0.6) is 0 Å². The molecular formula is C9H14N2O4S2. The summed E-state index contributed by atoms with van der Waals surface area (Å²) in [6, 6.07) is -0.569. The largest absolute Gasteiger partial charge is 0.480 e. The second-order valence-electron chi connectivity index (χ2n) is 3.48. The molecule has 2 heterocycles. The summed E-state index contributed by atoms with van der Waals surface area (Å²) in [7, 11) is 0. The number of rotatable bonds is 2. The van der Waals surface area contributed by atoms with Gasteiger partial charge >= 0.3 is 11.9 Å². The Morgan fingerprint density at radius 1 is 1.24 bits per heavy atom. The van der Waals surface area contributed by atoms with Crippen molar-refractivity contribution in [2.24, 2.45) is 0 Å². The second-order valence-corrected chi connectivity index (χ2v) is 5.22. The van der Waals surface area contributed by atoms with E-state index in [-0.39, 0.29) is 5.37 Å². The van der Waals surface area contributed by atoms with Crippen molar-refractivity contribution >= 4 is 40.8 Å². The molecule has 0 aliphatic carbocycles. The molecule has 2 aliphatic rings. The van der Waals surface area contributed by atoms with Crippen LogP contribution in [0.25, 0.3) is 0 Å². The minimum absolute atomic E-state index is 0.352. The van der Waals surface area contributed by atoms with Crippen LogP contribution in [0.4, 0.5) is 0 Å². The van der Waals surface area contributed by atoms with Gasteiger partial charge in [-0.05, 0) is 6.42 Å². The Kier molecular flexibility index (Phi) is 5.83. The summed E-state index contributed by atoms with van der Waals surface area (Å²) in [4.78, 5) is 21.0. The summed E-state index contributed by atoms with van der Waals surface area (Å²) in [6.45, 7) is 1.53. The topological polar surface area (TPSA) is 98.7 Å². The van der Waals surface area contributed by atoms with E-state index in [9.17, 15) is 9.59 Å². The van der Waals surface area contributed by atoms with Crippen molar-refractivity contribution in [3.8, 4) is 0 Å². The molecule has 0 bridgehead atoms. The van der Waals surface area contributed by atoms with Gasteiger partial charge in [-0.15, -0.1) is 11.8 Å². The van der Waals surface area contributed by atoms with E-state index in [1.54, 1.807) is 0 Å². The third-order valence-electron chi connectivity index (χ3n) is 2.23. The summed E-state index contributed by atoms with van der Waals surface area (Å²) >= 11 is 6.21. The number of carboxylic acid groups (broad SMARTS) is 2. The van der Waals surface area contributed by atoms with Crippen LogP contribution < -0.4 is 10.6 Å². The first-order valence-electron chi connectivity index (χ1n) is 5.09. The highest BCUT2D eigenvalue weighted by atomic mass is 32.2. The van der Waals surface area contributed by atoms with Gasteiger partial charge in [0.05, 0.1) is 0 Å². The van der Waals surface area contributed by atoms with Gasteiger partial charge in [-0.3, -0.25) is 15.4 Å². The zero-order valence-electron chi connectivity index (χ0n) is 9.01. The molecule has 0 aromatic heterocycles. The molecular weight excluding hydrogens is 264 g/mol. The monoisotopic (exact) mass is 278 g/mol. The van der Waals surface area contributed by atoms with E-state index >= 15 is 0 Å². The van der Waals surface area contributed by atoms with Crippen LogP contribution >= 0.6 is 24.0 Å². The molecule has 2 fully saturated rings. The number of carboxylic acids is 2. The molecule has 0 spiro atoms. The van der Waals surface area contributed by atoms with Crippen molar-refractivity contribution in [2.75, 3.05) is 18.8 Å². The molecule has 0 amide bonds. The summed E-state index contributed by atoms with van der Waals surface area (Å²) < 4.78 is 0. The predicted molar refractivity (Wildman–Crippen MR) is 68.5 cm³/mol. The molecule has 2 saturated heterocycles. The lowest BCUT2D eigenvalue weighted by atomic mass is 10.2. The van der Waals surface area contributed by atoms with Crippen molar-refractivity contribution in [1.29, 1.82) is 0 Å². The quantitative estimate of drug-likeness (QED) is 0.504. The van der Waals surface area contributed by atoms with Crippen molar-refractivity contribution in [2.45, 2.75) is 17.8 Å². The first kappa shape index (κ1) is 14.4. The summed E-state index contributed by atoms with van der Waals surface area (Å²) in [5.41, 5.74) is 0. The van der Waals surface area contributed by atoms with Gasteiger partial charge < -0.3 is 10.2 Å². The van der Waals surface area contributed by atoms with Gasteiger partial charge in [0, 0.05) is 23.7 Å². The molecule has 6 nitrogen and oxygen atoms in total.